The van der Waals surface area contributed by atoms with Crippen molar-refractivity contribution >= 4 is 0 Å². The predicted octanol–water partition coefficient (Wildman–Crippen LogP) is 5.51. The van der Waals surface area contributed by atoms with Gasteiger partial charge in [-0.2, -0.15) is 0 Å². The molecule has 0 amide bonds. The maximum absolute atomic E-state index is 8.81. The van der Waals surface area contributed by atoms with E-state index in [1.54, 1.807) is 6.08 Å². The number of hydrogen-bond acceptors (Lipinski definition) is 1. The highest BCUT2D eigenvalue weighted by atomic mass is 16.2. The van der Waals surface area contributed by atoms with E-state index in [-0.39, 0.29) is 6.61 Å². The highest BCUT2D eigenvalue weighted by Gasteiger charge is 2.26. The minimum absolute atomic E-state index is 0.0985. The summed E-state index contributed by atoms with van der Waals surface area (Å²) in [5.74, 6) is 0. The summed E-state index contributed by atoms with van der Waals surface area (Å²) in [6.45, 7) is 11.2. The van der Waals surface area contributed by atoms with Crippen LogP contribution < -0.4 is 0 Å². The Morgan fingerprint density at radius 1 is 1.19 bits per heavy atom. The van der Waals surface area contributed by atoms with E-state index in [9.17, 15) is 0 Å². The normalized spacial score (nSPS) is 20.9. The van der Waals surface area contributed by atoms with E-state index < -0.39 is 0 Å². The third kappa shape index (κ3) is 5.89. The Morgan fingerprint density at radius 3 is 2.52 bits per heavy atom. The fourth-order valence-corrected chi connectivity index (χ4v) is 2.84. The summed E-state index contributed by atoms with van der Waals surface area (Å²) in [6.07, 6.45) is 16.3. The summed E-state index contributed by atoms with van der Waals surface area (Å²) in [7, 11) is 0. The molecule has 0 aromatic heterocycles. The average molecular weight is 289 g/mol. The first-order valence-electron chi connectivity index (χ1n) is 7.87. The number of aliphatic hydroxyl groups excluding tert-OH is 1. The quantitative estimate of drug-likeness (QED) is 0.522. The lowest BCUT2D eigenvalue weighted by Crippen LogP contribution is -2.19. The molecule has 0 aromatic carbocycles. The van der Waals surface area contributed by atoms with Crippen molar-refractivity contribution in [1.82, 2.24) is 0 Å². The van der Waals surface area contributed by atoms with Gasteiger partial charge < -0.3 is 5.11 Å². The molecule has 0 bridgehead atoms. The Labute approximate surface area is 130 Å². The van der Waals surface area contributed by atoms with Gasteiger partial charge >= 0.3 is 0 Å². The van der Waals surface area contributed by atoms with Gasteiger partial charge in [0.05, 0.1) is 6.61 Å². The molecule has 0 unspecified atom stereocenters. The highest BCUT2D eigenvalue weighted by molar-refractivity contribution is 5.37. The van der Waals surface area contributed by atoms with Gasteiger partial charge in [-0.25, -0.2) is 0 Å². The molecule has 0 fully saturated rings. The van der Waals surface area contributed by atoms with Crippen LogP contribution in [-0.2, 0) is 0 Å². The fourth-order valence-electron chi connectivity index (χ4n) is 2.84. The zero-order valence-electron chi connectivity index (χ0n) is 14.2. The summed E-state index contributed by atoms with van der Waals surface area (Å²) >= 11 is 0. The van der Waals surface area contributed by atoms with E-state index in [1.165, 1.54) is 36.0 Å². The first-order chi connectivity index (χ1) is 9.86. The molecule has 0 saturated carbocycles. The molecule has 116 valence electrons. The molecule has 0 heterocycles. The fraction of sp³-hybridized carbons (Fsp3) is 0.500. The molecular formula is C20H30O. The maximum atomic E-state index is 8.81. The largest absolute Gasteiger partial charge is 0.392 e. The van der Waals surface area contributed by atoms with Gasteiger partial charge in [0.25, 0.3) is 0 Å². The van der Waals surface area contributed by atoms with Crippen LogP contribution in [0.5, 0.6) is 0 Å². The SMILES string of the molecule is CC1=C(/C=C/C(C)=C/C=[13CH]/[13C]([13CH3])=C/CO)C(C)(C)CCC1. The van der Waals surface area contributed by atoms with Crippen LogP contribution in [0.2, 0.25) is 0 Å². The predicted molar refractivity (Wildman–Crippen MR) is 93.2 cm³/mol. The lowest BCUT2D eigenvalue weighted by atomic mass is 9.72. The van der Waals surface area contributed by atoms with Crippen molar-refractivity contribution in [3.8, 4) is 0 Å². The molecule has 1 heteroatoms. The third-order valence-electron chi connectivity index (χ3n) is 4.19. The third-order valence-corrected chi connectivity index (χ3v) is 4.19. The van der Waals surface area contributed by atoms with Gasteiger partial charge in [-0.3, -0.25) is 0 Å². The molecule has 1 nitrogen and oxygen atoms in total. The van der Waals surface area contributed by atoms with Crippen molar-refractivity contribution in [2.75, 3.05) is 6.61 Å². The molecule has 1 rings (SSSR count). The van der Waals surface area contributed by atoms with Crippen LogP contribution in [0.1, 0.15) is 53.9 Å². The first-order valence-corrected chi connectivity index (χ1v) is 7.87. The summed E-state index contributed by atoms with van der Waals surface area (Å²) in [6, 6.07) is 0. The maximum Gasteiger partial charge on any atom is 0.0617 e. The van der Waals surface area contributed by atoms with E-state index in [4.69, 9.17) is 5.11 Å². The van der Waals surface area contributed by atoms with E-state index in [1.807, 2.05) is 19.1 Å². The second-order valence-corrected chi connectivity index (χ2v) is 6.67. The van der Waals surface area contributed by atoms with Crippen molar-refractivity contribution in [2.24, 2.45) is 5.41 Å². The van der Waals surface area contributed by atoms with Crippen molar-refractivity contribution < 1.29 is 5.11 Å². The van der Waals surface area contributed by atoms with Crippen LogP contribution >= 0.6 is 0 Å². The van der Waals surface area contributed by atoms with Crippen LogP contribution in [-0.4, -0.2) is 11.7 Å². The number of hydrogen-bond donors (Lipinski definition) is 1. The van der Waals surface area contributed by atoms with Gasteiger partial charge in [0.15, 0.2) is 0 Å². The van der Waals surface area contributed by atoms with Crippen molar-refractivity contribution in [2.45, 2.75) is 53.9 Å². The smallest absolute Gasteiger partial charge is 0.0617 e. The Hall–Kier alpha value is -1.34. The minimum Gasteiger partial charge on any atom is -0.392 e. The van der Waals surface area contributed by atoms with Crippen LogP contribution in [0.4, 0.5) is 0 Å². The number of aliphatic hydroxyl groups is 1. The Morgan fingerprint density at radius 2 is 1.90 bits per heavy atom. The topological polar surface area (TPSA) is 20.2 Å². The van der Waals surface area contributed by atoms with Crippen molar-refractivity contribution in [3.63, 3.8) is 0 Å². The molecule has 0 atom stereocenters. The summed E-state index contributed by atoms with van der Waals surface area (Å²) in [5, 5.41) is 8.81. The van der Waals surface area contributed by atoms with Gasteiger partial charge in [-0.05, 0) is 51.0 Å². The van der Waals surface area contributed by atoms with E-state index in [0.717, 1.165) is 5.57 Å². The Balaban J connectivity index is 2.78. The van der Waals surface area contributed by atoms with Crippen LogP contribution in [0.25, 0.3) is 0 Å². The number of rotatable bonds is 5. The molecule has 1 N–H and O–H groups in total. The first kappa shape index (κ1) is 17.7. The van der Waals surface area contributed by atoms with Crippen molar-refractivity contribution in [1.29, 1.82) is 0 Å². The van der Waals surface area contributed by atoms with Gasteiger partial charge in [-0.15, -0.1) is 0 Å². The molecule has 0 aliphatic heterocycles. The second kappa shape index (κ2) is 8.19. The molecular weight excluding hydrogens is 259 g/mol. The summed E-state index contributed by atoms with van der Waals surface area (Å²) < 4.78 is 0. The average Bonchev–Trinajstić information content (AvgIpc) is 2.37. The van der Waals surface area contributed by atoms with Crippen LogP contribution in [0, 0.1) is 5.41 Å². The van der Waals surface area contributed by atoms with Crippen LogP contribution in [0.3, 0.4) is 0 Å². The van der Waals surface area contributed by atoms with Gasteiger partial charge in [0.2, 0.25) is 0 Å². The molecule has 0 saturated heterocycles. The summed E-state index contributed by atoms with van der Waals surface area (Å²) in [5.41, 5.74) is 5.66. The minimum atomic E-state index is 0.0985. The van der Waals surface area contributed by atoms with Gasteiger partial charge in [0, 0.05) is 0 Å². The van der Waals surface area contributed by atoms with Gasteiger partial charge in [0.1, 0.15) is 0 Å². The monoisotopic (exact) mass is 289 g/mol. The van der Waals surface area contributed by atoms with Crippen LogP contribution in [0.15, 0.2) is 58.7 Å². The van der Waals surface area contributed by atoms with E-state index in [0.29, 0.717) is 5.41 Å². The van der Waals surface area contributed by atoms with Gasteiger partial charge in [-0.1, -0.05) is 67.0 Å². The lowest BCUT2D eigenvalue weighted by Gasteiger charge is -2.32. The van der Waals surface area contributed by atoms with E-state index >= 15 is 0 Å². The molecule has 1 aliphatic rings. The second-order valence-electron chi connectivity index (χ2n) is 6.67. The zero-order chi connectivity index (χ0) is 15.9. The Bertz CT molecular complexity index is 496. The Kier molecular flexibility index (Phi) is 6.91. The zero-order valence-corrected chi connectivity index (χ0v) is 14.2. The molecule has 0 radical (unpaired) electrons. The number of allylic oxidation sites excluding steroid dienone is 9. The molecule has 0 aromatic rings. The standard InChI is InChI=1S/C20H30O/c1-16(8-6-9-17(2)13-15-21)11-12-19-18(3)10-7-14-20(19,4)5/h6,8-9,11-13,21H,7,10,14-15H2,1-5H3/b9-6+,12-11+,16-8+,17-13+/i2+1,9+1,17+1. The highest BCUT2D eigenvalue weighted by Crippen LogP contribution is 2.40. The molecule has 0 spiro atoms. The lowest BCUT2D eigenvalue weighted by molar-refractivity contribution is 0.342. The summed E-state index contributed by atoms with van der Waals surface area (Å²) in [4.78, 5) is 0. The molecule has 21 heavy (non-hydrogen) atoms. The van der Waals surface area contributed by atoms with Crippen molar-refractivity contribution in [3.05, 3.63) is 58.7 Å². The molecule has 1 aliphatic carbocycles. The van der Waals surface area contributed by atoms with E-state index in [2.05, 4.69) is 45.9 Å².